The van der Waals surface area contributed by atoms with E-state index >= 15 is 0 Å². The summed E-state index contributed by atoms with van der Waals surface area (Å²) < 4.78 is 26.1. The molecule has 0 aromatic heterocycles. The van der Waals surface area contributed by atoms with E-state index in [1.165, 1.54) is 5.56 Å². The Morgan fingerprint density at radius 1 is 0.971 bits per heavy atom. The highest BCUT2D eigenvalue weighted by molar-refractivity contribution is 7.91. The Labute approximate surface area is 207 Å². The fourth-order valence-electron chi connectivity index (χ4n) is 5.16. The molecule has 0 radical (unpaired) electrons. The molecule has 7 nitrogen and oxygen atoms in total. The summed E-state index contributed by atoms with van der Waals surface area (Å²) in [7, 11) is -3.59. The van der Waals surface area contributed by atoms with Crippen molar-refractivity contribution in [3.05, 3.63) is 59.7 Å². The van der Waals surface area contributed by atoms with Gasteiger partial charge in [-0.15, -0.1) is 0 Å². The first kappa shape index (κ1) is 24.0. The Balaban J connectivity index is 1.16. The van der Waals surface area contributed by atoms with Gasteiger partial charge in [0.05, 0.1) is 10.6 Å². The lowest BCUT2D eigenvalue weighted by Gasteiger charge is -2.34. The highest BCUT2D eigenvalue weighted by Crippen LogP contribution is 2.39. The van der Waals surface area contributed by atoms with Crippen LogP contribution in [-0.2, 0) is 32.4 Å². The minimum atomic E-state index is -3.59. The molecule has 0 unspecified atom stereocenters. The number of hydrogen-bond acceptors (Lipinski definition) is 5. The van der Waals surface area contributed by atoms with Crippen molar-refractivity contribution < 1.29 is 18.0 Å². The molecule has 2 fully saturated rings. The van der Waals surface area contributed by atoms with Gasteiger partial charge in [0.2, 0.25) is 11.8 Å². The van der Waals surface area contributed by atoms with Gasteiger partial charge in [-0.05, 0) is 55.5 Å². The predicted octanol–water partition coefficient (Wildman–Crippen LogP) is 2.88. The minimum absolute atomic E-state index is 0.0131. The number of benzene rings is 2. The fourth-order valence-corrected chi connectivity index (χ4v) is 6.43. The van der Waals surface area contributed by atoms with Crippen molar-refractivity contribution in [2.24, 2.45) is 5.92 Å². The van der Waals surface area contributed by atoms with Crippen LogP contribution in [0.3, 0.4) is 0 Å². The van der Waals surface area contributed by atoms with Crippen LogP contribution in [0.25, 0.3) is 0 Å². The van der Waals surface area contributed by atoms with E-state index in [2.05, 4.69) is 17.0 Å². The molecule has 1 aliphatic carbocycles. The first-order chi connectivity index (χ1) is 16.8. The van der Waals surface area contributed by atoms with Gasteiger partial charge in [-0.2, -0.15) is 0 Å². The van der Waals surface area contributed by atoms with Gasteiger partial charge >= 0.3 is 0 Å². The quantitative estimate of drug-likeness (QED) is 0.590. The van der Waals surface area contributed by atoms with Crippen molar-refractivity contribution in [3.63, 3.8) is 0 Å². The minimum Gasteiger partial charge on any atom is -0.340 e. The standard InChI is InChI=1S/C27H33N3O4S/c1-20-17-23-18-24(9-10-25(23)30(20)27(32)22-7-8-22)35(33,34)16-11-26(31)29-14-12-28(13-15-29)19-21-5-3-2-4-6-21/h2-6,9-10,18,20,22H,7-8,11-17,19H2,1H3/t20-/m1/s1. The van der Waals surface area contributed by atoms with Crippen LogP contribution in [0.4, 0.5) is 5.69 Å². The van der Waals surface area contributed by atoms with Crippen molar-refractivity contribution in [1.29, 1.82) is 0 Å². The number of rotatable bonds is 7. The summed E-state index contributed by atoms with van der Waals surface area (Å²) in [5.41, 5.74) is 2.98. The Kier molecular flexibility index (Phi) is 6.68. The molecule has 1 atom stereocenters. The summed E-state index contributed by atoms with van der Waals surface area (Å²) in [6.07, 6.45) is 2.53. The van der Waals surface area contributed by atoms with Crippen LogP contribution in [-0.4, -0.2) is 68.0 Å². The SMILES string of the molecule is C[C@@H]1Cc2cc(S(=O)(=O)CCC(=O)N3CCN(Cc4ccccc4)CC3)ccc2N1C(=O)C1CC1. The molecule has 0 bridgehead atoms. The van der Waals surface area contributed by atoms with Gasteiger partial charge in [-0.25, -0.2) is 8.42 Å². The van der Waals surface area contributed by atoms with Crippen molar-refractivity contribution in [2.75, 3.05) is 36.8 Å². The van der Waals surface area contributed by atoms with E-state index in [0.29, 0.717) is 19.5 Å². The molecule has 1 saturated carbocycles. The molecule has 2 aromatic carbocycles. The molecule has 35 heavy (non-hydrogen) atoms. The normalized spacial score (nSPS) is 20.7. The summed E-state index contributed by atoms with van der Waals surface area (Å²) >= 11 is 0. The summed E-state index contributed by atoms with van der Waals surface area (Å²) in [5.74, 6) is -0.0296. The van der Waals surface area contributed by atoms with E-state index in [0.717, 1.165) is 43.7 Å². The number of piperazine rings is 1. The van der Waals surface area contributed by atoms with Crippen LogP contribution in [0.5, 0.6) is 0 Å². The van der Waals surface area contributed by atoms with Gasteiger partial charge in [0, 0.05) is 56.8 Å². The molecule has 5 rings (SSSR count). The summed E-state index contributed by atoms with van der Waals surface area (Å²) in [5, 5.41) is 0. The lowest BCUT2D eigenvalue weighted by Crippen LogP contribution is -2.48. The maximum absolute atomic E-state index is 13.0. The van der Waals surface area contributed by atoms with Gasteiger partial charge in [0.15, 0.2) is 9.84 Å². The van der Waals surface area contributed by atoms with Crippen molar-refractivity contribution in [1.82, 2.24) is 9.80 Å². The first-order valence-corrected chi connectivity index (χ1v) is 14.2. The van der Waals surface area contributed by atoms with Gasteiger partial charge in [0.1, 0.15) is 0 Å². The van der Waals surface area contributed by atoms with Crippen LogP contribution >= 0.6 is 0 Å². The largest absolute Gasteiger partial charge is 0.340 e. The van der Waals surface area contributed by atoms with E-state index in [1.807, 2.05) is 30.0 Å². The molecular formula is C27H33N3O4S. The number of amides is 2. The molecule has 2 heterocycles. The van der Waals surface area contributed by atoms with Gasteiger partial charge in [-0.1, -0.05) is 30.3 Å². The Bertz CT molecular complexity index is 1200. The lowest BCUT2D eigenvalue weighted by molar-refractivity contribution is -0.132. The second-order valence-electron chi connectivity index (χ2n) is 10.0. The van der Waals surface area contributed by atoms with Crippen molar-refractivity contribution >= 4 is 27.3 Å². The topological polar surface area (TPSA) is 78.0 Å². The molecule has 1 saturated heterocycles. The molecule has 0 spiro atoms. The molecule has 2 aromatic rings. The number of carbonyl (C=O) groups is 2. The van der Waals surface area contributed by atoms with Crippen molar-refractivity contribution in [2.45, 2.75) is 50.1 Å². The van der Waals surface area contributed by atoms with E-state index in [-0.39, 0.29) is 40.8 Å². The van der Waals surface area contributed by atoms with Crippen LogP contribution in [0, 0.1) is 5.92 Å². The first-order valence-electron chi connectivity index (χ1n) is 12.5. The number of carbonyl (C=O) groups excluding carboxylic acids is 2. The molecule has 2 amide bonds. The number of fused-ring (bicyclic) bond motifs is 1. The predicted molar refractivity (Wildman–Crippen MR) is 135 cm³/mol. The smallest absolute Gasteiger partial charge is 0.230 e. The van der Waals surface area contributed by atoms with E-state index in [1.54, 1.807) is 23.1 Å². The molecule has 0 N–H and O–H groups in total. The highest BCUT2D eigenvalue weighted by atomic mass is 32.2. The van der Waals surface area contributed by atoms with Crippen LogP contribution in [0.15, 0.2) is 53.4 Å². The van der Waals surface area contributed by atoms with Gasteiger partial charge < -0.3 is 9.80 Å². The van der Waals surface area contributed by atoms with Crippen LogP contribution < -0.4 is 4.90 Å². The zero-order chi connectivity index (χ0) is 24.6. The monoisotopic (exact) mass is 495 g/mol. The molecule has 186 valence electrons. The Hall–Kier alpha value is -2.71. The second kappa shape index (κ2) is 9.74. The Morgan fingerprint density at radius 2 is 1.69 bits per heavy atom. The Morgan fingerprint density at radius 3 is 2.37 bits per heavy atom. The third-order valence-electron chi connectivity index (χ3n) is 7.35. The maximum atomic E-state index is 13.0. The second-order valence-corrected chi connectivity index (χ2v) is 12.1. The fraction of sp³-hybridized carbons (Fsp3) is 0.481. The maximum Gasteiger partial charge on any atom is 0.230 e. The van der Waals surface area contributed by atoms with Gasteiger partial charge in [-0.3, -0.25) is 14.5 Å². The van der Waals surface area contributed by atoms with Crippen molar-refractivity contribution in [3.8, 4) is 0 Å². The number of hydrogen-bond donors (Lipinski definition) is 0. The average Bonchev–Trinajstić information content (AvgIpc) is 3.65. The molecular weight excluding hydrogens is 462 g/mol. The zero-order valence-corrected chi connectivity index (χ0v) is 21.0. The number of sulfone groups is 1. The number of anilines is 1. The average molecular weight is 496 g/mol. The van der Waals surface area contributed by atoms with Crippen LogP contribution in [0.1, 0.15) is 37.3 Å². The molecule has 8 heteroatoms. The molecule has 2 aliphatic heterocycles. The highest BCUT2D eigenvalue weighted by Gasteiger charge is 2.39. The molecule has 3 aliphatic rings. The summed E-state index contributed by atoms with van der Waals surface area (Å²) in [6.45, 7) is 5.67. The van der Waals surface area contributed by atoms with E-state index < -0.39 is 9.84 Å². The summed E-state index contributed by atoms with van der Waals surface area (Å²) in [4.78, 5) is 31.6. The lowest BCUT2D eigenvalue weighted by atomic mass is 10.1. The van der Waals surface area contributed by atoms with E-state index in [9.17, 15) is 18.0 Å². The van der Waals surface area contributed by atoms with E-state index in [4.69, 9.17) is 0 Å². The zero-order valence-electron chi connectivity index (χ0n) is 20.2. The van der Waals surface area contributed by atoms with Crippen LogP contribution in [0.2, 0.25) is 0 Å². The van der Waals surface area contributed by atoms with Gasteiger partial charge in [0.25, 0.3) is 0 Å². The summed E-state index contributed by atoms with van der Waals surface area (Å²) in [6, 6.07) is 15.4. The third-order valence-corrected chi connectivity index (χ3v) is 9.06. The number of nitrogens with zero attached hydrogens (tertiary/aromatic N) is 3. The third kappa shape index (κ3) is 5.28.